The minimum atomic E-state index is 0.0172. The van der Waals surface area contributed by atoms with Gasteiger partial charge in [-0.2, -0.15) is 0 Å². The van der Waals surface area contributed by atoms with Gasteiger partial charge in [-0.3, -0.25) is 14.3 Å². The summed E-state index contributed by atoms with van der Waals surface area (Å²) in [7, 11) is 0. The first-order valence-electron chi connectivity index (χ1n) is 6.34. The van der Waals surface area contributed by atoms with Crippen molar-refractivity contribution in [1.82, 2.24) is 24.4 Å². The van der Waals surface area contributed by atoms with Crippen LogP contribution in [0, 0.1) is 0 Å². The molecule has 0 spiro atoms. The molecule has 19 heavy (non-hydrogen) atoms. The number of carbonyl (C=O) groups excluding carboxylic acids is 1. The molecule has 0 bridgehead atoms. The molecule has 1 saturated heterocycles. The van der Waals surface area contributed by atoms with E-state index in [0.29, 0.717) is 0 Å². The summed E-state index contributed by atoms with van der Waals surface area (Å²) in [6.45, 7) is 2.39. The molecule has 0 aromatic carbocycles. The molecular weight excluding hydrogens is 242 g/mol. The summed E-state index contributed by atoms with van der Waals surface area (Å²) in [5, 5.41) is 0. The SMILES string of the molecule is CC(=O)N1CCC[C@H]1c1nccnc1-n1ccnc1. The summed E-state index contributed by atoms with van der Waals surface area (Å²) in [6, 6.07) is 0.0172. The third-order valence-electron chi connectivity index (χ3n) is 3.43. The van der Waals surface area contributed by atoms with Crippen LogP contribution in [0.15, 0.2) is 31.1 Å². The summed E-state index contributed by atoms with van der Waals surface area (Å²) >= 11 is 0. The number of aromatic nitrogens is 4. The average Bonchev–Trinajstić information content (AvgIpc) is 3.10. The van der Waals surface area contributed by atoms with Crippen LogP contribution in [0.25, 0.3) is 5.82 Å². The highest BCUT2D eigenvalue weighted by atomic mass is 16.2. The van der Waals surface area contributed by atoms with E-state index in [1.54, 1.807) is 31.8 Å². The lowest BCUT2D eigenvalue weighted by molar-refractivity contribution is -0.129. The van der Waals surface area contributed by atoms with E-state index in [1.165, 1.54) is 0 Å². The molecule has 0 unspecified atom stereocenters. The average molecular weight is 257 g/mol. The maximum atomic E-state index is 11.7. The molecule has 0 aliphatic carbocycles. The molecule has 2 aromatic rings. The Labute approximate surface area is 111 Å². The fourth-order valence-electron chi connectivity index (χ4n) is 2.59. The van der Waals surface area contributed by atoms with Crippen LogP contribution in [0.4, 0.5) is 0 Å². The Morgan fingerprint density at radius 3 is 2.89 bits per heavy atom. The number of likely N-dealkylation sites (tertiary alicyclic amines) is 1. The first kappa shape index (κ1) is 11.8. The van der Waals surface area contributed by atoms with Crippen molar-refractivity contribution in [3.05, 3.63) is 36.8 Å². The second-order valence-electron chi connectivity index (χ2n) is 4.61. The van der Waals surface area contributed by atoms with Crippen molar-refractivity contribution in [2.24, 2.45) is 0 Å². The van der Waals surface area contributed by atoms with Crippen molar-refractivity contribution >= 4 is 5.91 Å². The molecule has 0 N–H and O–H groups in total. The van der Waals surface area contributed by atoms with Crippen LogP contribution in [0.1, 0.15) is 31.5 Å². The van der Waals surface area contributed by atoms with Crippen molar-refractivity contribution in [3.63, 3.8) is 0 Å². The molecule has 1 aliphatic heterocycles. The highest BCUT2D eigenvalue weighted by Crippen LogP contribution is 2.32. The molecule has 1 amide bonds. The molecular formula is C13H15N5O. The van der Waals surface area contributed by atoms with E-state index >= 15 is 0 Å². The number of imidazole rings is 1. The van der Waals surface area contributed by atoms with Gasteiger partial charge in [0.1, 0.15) is 12.0 Å². The van der Waals surface area contributed by atoms with Gasteiger partial charge in [0.05, 0.1) is 6.04 Å². The number of hydrogen-bond acceptors (Lipinski definition) is 4. The van der Waals surface area contributed by atoms with Crippen LogP contribution in [0.5, 0.6) is 0 Å². The van der Waals surface area contributed by atoms with Crippen molar-refractivity contribution in [1.29, 1.82) is 0 Å². The Balaban J connectivity index is 2.03. The maximum absolute atomic E-state index is 11.7. The van der Waals surface area contributed by atoms with Gasteiger partial charge in [0.2, 0.25) is 5.91 Å². The van der Waals surface area contributed by atoms with Gasteiger partial charge in [-0.1, -0.05) is 0 Å². The zero-order chi connectivity index (χ0) is 13.2. The number of amides is 1. The Kier molecular flexibility index (Phi) is 2.98. The Bertz CT molecular complexity index is 580. The number of hydrogen-bond donors (Lipinski definition) is 0. The van der Waals surface area contributed by atoms with E-state index in [2.05, 4.69) is 15.0 Å². The van der Waals surface area contributed by atoms with Gasteiger partial charge < -0.3 is 4.90 Å². The molecule has 98 valence electrons. The number of rotatable bonds is 2. The topological polar surface area (TPSA) is 63.9 Å². The second kappa shape index (κ2) is 4.79. The van der Waals surface area contributed by atoms with E-state index in [9.17, 15) is 4.79 Å². The minimum absolute atomic E-state index is 0.0172. The standard InChI is InChI=1S/C13H15N5O/c1-10(19)18-7-2-3-11(18)12-13(16-5-4-15-12)17-8-6-14-9-17/h4-6,8-9,11H,2-3,7H2,1H3/t11-/m0/s1. The molecule has 6 nitrogen and oxygen atoms in total. The van der Waals surface area contributed by atoms with E-state index in [1.807, 2.05) is 15.7 Å². The second-order valence-corrected chi connectivity index (χ2v) is 4.61. The molecule has 6 heteroatoms. The summed E-state index contributed by atoms with van der Waals surface area (Å²) in [6.07, 6.45) is 10.5. The molecule has 0 saturated carbocycles. The van der Waals surface area contributed by atoms with Gasteiger partial charge in [-0.05, 0) is 12.8 Å². The smallest absolute Gasteiger partial charge is 0.220 e. The molecule has 0 radical (unpaired) electrons. The van der Waals surface area contributed by atoms with Crippen LogP contribution in [0.2, 0.25) is 0 Å². The van der Waals surface area contributed by atoms with Crippen LogP contribution < -0.4 is 0 Å². The Morgan fingerprint density at radius 2 is 2.16 bits per heavy atom. The highest BCUT2D eigenvalue weighted by Gasteiger charge is 2.31. The predicted octanol–water partition coefficient (Wildman–Crippen LogP) is 1.35. The maximum Gasteiger partial charge on any atom is 0.220 e. The highest BCUT2D eigenvalue weighted by molar-refractivity contribution is 5.74. The molecule has 1 fully saturated rings. The summed E-state index contributed by atoms with van der Waals surface area (Å²) in [5.41, 5.74) is 0.841. The quantitative estimate of drug-likeness (QED) is 0.814. The fraction of sp³-hybridized carbons (Fsp3) is 0.385. The molecule has 3 heterocycles. The van der Waals surface area contributed by atoms with Gasteiger partial charge in [-0.15, -0.1) is 0 Å². The van der Waals surface area contributed by atoms with Gasteiger partial charge in [0.25, 0.3) is 0 Å². The van der Waals surface area contributed by atoms with E-state index in [-0.39, 0.29) is 11.9 Å². The molecule has 3 rings (SSSR count). The van der Waals surface area contributed by atoms with Crippen molar-refractivity contribution in [3.8, 4) is 5.82 Å². The first-order valence-corrected chi connectivity index (χ1v) is 6.34. The summed E-state index contributed by atoms with van der Waals surface area (Å²) in [5.74, 6) is 0.836. The van der Waals surface area contributed by atoms with Crippen LogP contribution in [0.3, 0.4) is 0 Å². The van der Waals surface area contributed by atoms with Gasteiger partial charge >= 0.3 is 0 Å². The fourth-order valence-corrected chi connectivity index (χ4v) is 2.59. The normalized spacial score (nSPS) is 18.8. The Morgan fingerprint density at radius 1 is 1.32 bits per heavy atom. The lowest BCUT2D eigenvalue weighted by atomic mass is 10.1. The van der Waals surface area contributed by atoms with E-state index in [4.69, 9.17) is 0 Å². The summed E-state index contributed by atoms with van der Waals surface area (Å²) < 4.78 is 1.83. The Hall–Kier alpha value is -2.24. The lowest BCUT2D eigenvalue weighted by Crippen LogP contribution is -2.29. The van der Waals surface area contributed by atoms with Crippen LogP contribution in [-0.4, -0.2) is 36.9 Å². The zero-order valence-electron chi connectivity index (χ0n) is 10.7. The van der Waals surface area contributed by atoms with Crippen molar-refractivity contribution in [2.75, 3.05) is 6.54 Å². The molecule has 1 aliphatic rings. The number of carbonyl (C=O) groups is 1. The van der Waals surface area contributed by atoms with Crippen molar-refractivity contribution in [2.45, 2.75) is 25.8 Å². The summed E-state index contributed by atoms with van der Waals surface area (Å²) in [4.78, 5) is 26.4. The van der Waals surface area contributed by atoms with E-state index < -0.39 is 0 Å². The van der Waals surface area contributed by atoms with Crippen LogP contribution >= 0.6 is 0 Å². The van der Waals surface area contributed by atoms with Crippen LogP contribution in [-0.2, 0) is 4.79 Å². The van der Waals surface area contributed by atoms with Gasteiger partial charge in [-0.25, -0.2) is 9.97 Å². The number of nitrogens with zero attached hydrogens (tertiary/aromatic N) is 5. The van der Waals surface area contributed by atoms with Gasteiger partial charge in [0, 0.05) is 38.3 Å². The monoisotopic (exact) mass is 257 g/mol. The zero-order valence-corrected chi connectivity index (χ0v) is 10.7. The van der Waals surface area contributed by atoms with E-state index in [0.717, 1.165) is 30.9 Å². The molecule has 1 atom stereocenters. The third-order valence-corrected chi connectivity index (χ3v) is 3.43. The predicted molar refractivity (Wildman–Crippen MR) is 68.5 cm³/mol. The largest absolute Gasteiger partial charge is 0.334 e. The first-order chi connectivity index (χ1) is 9.27. The third kappa shape index (κ3) is 2.09. The van der Waals surface area contributed by atoms with Gasteiger partial charge in [0.15, 0.2) is 5.82 Å². The lowest BCUT2D eigenvalue weighted by Gasteiger charge is -2.24. The van der Waals surface area contributed by atoms with Crippen molar-refractivity contribution < 1.29 is 4.79 Å². The molecule has 2 aromatic heterocycles. The minimum Gasteiger partial charge on any atom is -0.334 e.